The third kappa shape index (κ3) is 5.19. The van der Waals surface area contributed by atoms with Crippen LogP contribution in [0, 0.1) is 0 Å². The van der Waals surface area contributed by atoms with Crippen molar-refractivity contribution in [2.24, 2.45) is 4.99 Å². The van der Waals surface area contributed by atoms with Gasteiger partial charge < -0.3 is 10.6 Å². The van der Waals surface area contributed by atoms with Crippen molar-refractivity contribution in [1.29, 1.82) is 0 Å². The normalized spacial score (nSPS) is 21.3. The first-order valence-electron chi connectivity index (χ1n) is 10.5. The quantitative estimate of drug-likeness (QED) is 0.606. The summed E-state index contributed by atoms with van der Waals surface area (Å²) in [6.07, 6.45) is 12.7. The first-order valence-corrected chi connectivity index (χ1v) is 10.5. The summed E-state index contributed by atoms with van der Waals surface area (Å²) in [5.41, 5.74) is 1.33. The Kier molecular flexibility index (Phi) is 7.30. The van der Waals surface area contributed by atoms with Crippen molar-refractivity contribution in [3.63, 3.8) is 0 Å². The van der Waals surface area contributed by atoms with E-state index >= 15 is 0 Å². The molecule has 2 N–H and O–H groups in total. The maximum Gasteiger partial charge on any atom is 0.191 e. The number of likely N-dealkylation sites (tertiary alicyclic amines) is 1. The molecule has 144 valence electrons. The number of nitrogens with zero attached hydrogens (tertiary/aromatic N) is 3. The largest absolute Gasteiger partial charge is 0.357 e. The first-order chi connectivity index (χ1) is 12.8. The number of guanidine groups is 1. The molecular formula is C21H35N5. The molecule has 1 aromatic rings. The van der Waals surface area contributed by atoms with Crippen LogP contribution in [-0.4, -0.2) is 47.6 Å². The van der Waals surface area contributed by atoms with Gasteiger partial charge in [0.15, 0.2) is 5.96 Å². The molecule has 0 unspecified atom stereocenters. The van der Waals surface area contributed by atoms with Crippen molar-refractivity contribution < 1.29 is 0 Å². The van der Waals surface area contributed by atoms with E-state index in [1.807, 2.05) is 24.4 Å². The van der Waals surface area contributed by atoms with Gasteiger partial charge in [-0.1, -0.05) is 31.7 Å². The predicted molar refractivity (Wildman–Crippen MR) is 108 cm³/mol. The van der Waals surface area contributed by atoms with Crippen LogP contribution in [0.1, 0.15) is 64.0 Å². The molecule has 0 amide bonds. The van der Waals surface area contributed by atoms with Gasteiger partial charge in [0.05, 0.1) is 12.2 Å². The first kappa shape index (κ1) is 19.2. The van der Waals surface area contributed by atoms with Crippen LogP contribution in [0.5, 0.6) is 0 Å². The van der Waals surface area contributed by atoms with E-state index in [2.05, 4.69) is 27.4 Å². The highest BCUT2D eigenvalue weighted by Crippen LogP contribution is 2.35. The highest BCUT2D eigenvalue weighted by molar-refractivity contribution is 5.79. The van der Waals surface area contributed by atoms with Crippen LogP contribution in [0.25, 0.3) is 0 Å². The van der Waals surface area contributed by atoms with Crippen LogP contribution >= 0.6 is 0 Å². The molecule has 0 aromatic carbocycles. The Labute approximate surface area is 158 Å². The van der Waals surface area contributed by atoms with Gasteiger partial charge in [-0.25, -0.2) is 4.99 Å². The van der Waals surface area contributed by atoms with Crippen LogP contribution in [-0.2, 0) is 6.54 Å². The van der Waals surface area contributed by atoms with E-state index in [1.54, 1.807) is 0 Å². The molecule has 3 rings (SSSR count). The zero-order valence-electron chi connectivity index (χ0n) is 16.3. The van der Waals surface area contributed by atoms with Gasteiger partial charge in [0, 0.05) is 24.8 Å². The van der Waals surface area contributed by atoms with E-state index in [4.69, 9.17) is 4.99 Å². The number of rotatable bonds is 6. The monoisotopic (exact) mass is 357 g/mol. The van der Waals surface area contributed by atoms with Crippen molar-refractivity contribution in [2.75, 3.05) is 26.2 Å². The molecule has 1 aliphatic heterocycles. The van der Waals surface area contributed by atoms with Crippen molar-refractivity contribution >= 4 is 5.96 Å². The van der Waals surface area contributed by atoms with E-state index < -0.39 is 0 Å². The lowest BCUT2D eigenvalue weighted by atomic mass is 9.79. The molecule has 2 aliphatic rings. The lowest BCUT2D eigenvalue weighted by Gasteiger charge is -2.48. The minimum Gasteiger partial charge on any atom is -0.357 e. The Hall–Kier alpha value is -1.62. The third-order valence-corrected chi connectivity index (χ3v) is 5.87. The average molecular weight is 358 g/mol. The molecule has 1 aliphatic carbocycles. The number of aliphatic imine (C=N–C) groups is 1. The summed E-state index contributed by atoms with van der Waals surface area (Å²) < 4.78 is 0. The van der Waals surface area contributed by atoms with Crippen LogP contribution < -0.4 is 10.6 Å². The second kappa shape index (κ2) is 9.91. The Morgan fingerprint density at radius 2 is 1.85 bits per heavy atom. The fourth-order valence-corrected chi connectivity index (χ4v) is 4.42. The zero-order chi connectivity index (χ0) is 18.1. The Balaban J connectivity index is 1.64. The maximum atomic E-state index is 4.76. The molecule has 1 aromatic heterocycles. The van der Waals surface area contributed by atoms with Crippen LogP contribution in [0.15, 0.2) is 29.4 Å². The topological polar surface area (TPSA) is 52.6 Å². The van der Waals surface area contributed by atoms with Gasteiger partial charge >= 0.3 is 0 Å². The average Bonchev–Trinajstić information content (AvgIpc) is 2.72. The molecule has 1 saturated heterocycles. The Bertz CT molecular complexity index is 545. The highest BCUT2D eigenvalue weighted by atomic mass is 15.3. The molecule has 2 fully saturated rings. The molecule has 0 bridgehead atoms. The fraction of sp³-hybridized carbons (Fsp3) is 0.714. The summed E-state index contributed by atoms with van der Waals surface area (Å²) in [6, 6.07) is 6.00. The number of nitrogens with one attached hydrogen (secondary N) is 2. The summed E-state index contributed by atoms with van der Waals surface area (Å²) >= 11 is 0. The number of aromatic nitrogens is 1. The molecule has 26 heavy (non-hydrogen) atoms. The highest BCUT2D eigenvalue weighted by Gasteiger charge is 2.38. The van der Waals surface area contributed by atoms with Gasteiger partial charge in [0.1, 0.15) is 0 Å². The van der Waals surface area contributed by atoms with E-state index in [9.17, 15) is 0 Å². The minimum absolute atomic E-state index is 0.319. The van der Waals surface area contributed by atoms with E-state index in [0.717, 1.165) is 24.7 Å². The Morgan fingerprint density at radius 3 is 2.54 bits per heavy atom. The second-order valence-corrected chi connectivity index (χ2v) is 7.70. The molecular weight excluding hydrogens is 322 g/mol. The number of hydrogen-bond acceptors (Lipinski definition) is 3. The maximum absolute atomic E-state index is 4.76. The summed E-state index contributed by atoms with van der Waals surface area (Å²) in [5.74, 6) is 0.917. The van der Waals surface area contributed by atoms with Gasteiger partial charge in [-0.2, -0.15) is 0 Å². The van der Waals surface area contributed by atoms with Crippen molar-refractivity contribution in [1.82, 2.24) is 20.5 Å². The number of piperidine rings is 1. The van der Waals surface area contributed by atoms with E-state index in [0.29, 0.717) is 12.1 Å². The fourth-order valence-electron chi connectivity index (χ4n) is 4.42. The van der Waals surface area contributed by atoms with Crippen LogP contribution in [0.4, 0.5) is 0 Å². The third-order valence-electron chi connectivity index (χ3n) is 5.87. The van der Waals surface area contributed by atoms with Crippen molar-refractivity contribution in [3.05, 3.63) is 30.1 Å². The summed E-state index contributed by atoms with van der Waals surface area (Å²) in [5, 5.41) is 7.07. The molecule has 0 spiro atoms. The molecule has 5 heteroatoms. The van der Waals surface area contributed by atoms with Gasteiger partial charge in [-0.05, 0) is 57.8 Å². The smallest absolute Gasteiger partial charge is 0.191 e. The molecule has 0 radical (unpaired) electrons. The summed E-state index contributed by atoms with van der Waals surface area (Å²) in [4.78, 5) is 11.9. The van der Waals surface area contributed by atoms with Gasteiger partial charge in [-0.3, -0.25) is 9.88 Å². The standard InChI is InChI=1S/C21H35N5/c1-2-22-20(24-17-19-11-5-8-14-23-19)25-18-21(12-6-3-7-13-21)26-15-9-4-10-16-26/h5,8,11,14H,2-4,6-7,9-10,12-13,15-18H2,1H3,(H2,22,24,25). The van der Waals surface area contributed by atoms with Crippen LogP contribution in [0.2, 0.25) is 0 Å². The van der Waals surface area contributed by atoms with Crippen molar-refractivity contribution in [3.8, 4) is 0 Å². The zero-order valence-corrected chi connectivity index (χ0v) is 16.3. The Morgan fingerprint density at radius 1 is 1.08 bits per heavy atom. The molecule has 0 atom stereocenters. The molecule has 2 heterocycles. The van der Waals surface area contributed by atoms with Crippen molar-refractivity contribution in [2.45, 2.75) is 70.4 Å². The minimum atomic E-state index is 0.319. The molecule has 5 nitrogen and oxygen atoms in total. The summed E-state index contributed by atoms with van der Waals surface area (Å²) in [6.45, 7) is 7.16. The lowest BCUT2D eigenvalue weighted by Crippen LogP contribution is -2.59. The number of hydrogen-bond donors (Lipinski definition) is 2. The van der Waals surface area contributed by atoms with E-state index in [-0.39, 0.29) is 0 Å². The van der Waals surface area contributed by atoms with Crippen LogP contribution in [0.3, 0.4) is 0 Å². The van der Waals surface area contributed by atoms with Gasteiger partial charge in [0.2, 0.25) is 0 Å². The van der Waals surface area contributed by atoms with E-state index in [1.165, 1.54) is 64.5 Å². The predicted octanol–water partition coefficient (Wildman–Crippen LogP) is 3.33. The SMILES string of the molecule is CCNC(=NCc1ccccn1)NCC1(N2CCCCC2)CCCCC1. The second-order valence-electron chi connectivity index (χ2n) is 7.70. The molecule has 1 saturated carbocycles. The van der Waals surface area contributed by atoms with Gasteiger partial charge in [0.25, 0.3) is 0 Å². The number of pyridine rings is 1. The van der Waals surface area contributed by atoms with Gasteiger partial charge in [-0.15, -0.1) is 0 Å². The summed E-state index contributed by atoms with van der Waals surface area (Å²) in [7, 11) is 0. The lowest BCUT2D eigenvalue weighted by molar-refractivity contribution is 0.0368.